The molecule has 4 nitrogen and oxygen atoms in total. The highest BCUT2D eigenvalue weighted by molar-refractivity contribution is 7.99. The average molecular weight is 499 g/mol. The van der Waals surface area contributed by atoms with Crippen LogP contribution in [0.15, 0.2) is 66.7 Å². The number of hydrogen-bond donors (Lipinski definition) is 1. The summed E-state index contributed by atoms with van der Waals surface area (Å²) in [5.41, 5.74) is 2.53. The number of carbonyl (C=O) groups is 2. The predicted molar refractivity (Wildman–Crippen MR) is 143 cm³/mol. The van der Waals surface area contributed by atoms with Gasteiger partial charge in [-0.2, -0.15) is 0 Å². The molecule has 0 bridgehead atoms. The maximum atomic E-state index is 12.6. The Labute approximate surface area is 209 Å². The summed E-state index contributed by atoms with van der Waals surface area (Å²) in [6, 6.07) is 19.3. The Morgan fingerprint density at radius 2 is 1.88 bits per heavy atom. The molecule has 0 aliphatic heterocycles. The van der Waals surface area contributed by atoms with Gasteiger partial charge in [0.2, 0.25) is 0 Å². The summed E-state index contributed by atoms with van der Waals surface area (Å²) in [6.07, 6.45) is 5.34. The highest BCUT2D eigenvalue weighted by Gasteiger charge is 2.27. The SMILES string of the molecule is CN(C)C(CC=O)SCC(C=Cc1ccc2ccc(Cl)cc2n1)C(C(=O)S)c1ccccc1. The topological polar surface area (TPSA) is 50.3 Å². The first kappa shape index (κ1) is 25.5. The summed E-state index contributed by atoms with van der Waals surface area (Å²) in [5.74, 6) is 0.110. The Morgan fingerprint density at radius 1 is 1.15 bits per heavy atom. The molecule has 172 valence electrons. The fraction of sp³-hybridized carbons (Fsp3) is 0.269. The number of rotatable bonds is 11. The molecular formula is C26H27ClN2O2S2. The zero-order valence-electron chi connectivity index (χ0n) is 18.6. The number of nitrogens with zero attached hydrogens (tertiary/aromatic N) is 2. The van der Waals surface area contributed by atoms with Crippen molar-refractivity contribution >= 4 is 64.4 Å². The number of fused-ring (bicyclic) bond motifs is 1. The number of benzene rings is 2. The van der Waals surface area contributed by atoms with Gasteiger partial charge < -0.3 is 4.79 Å². The smallest absolute Gasteiger partial charge is 0.193 e. The number of pyridine rings is 1. The van der Waals surface area contributed by atoms with Crippen LogP contribution in [0.5, 0.6) is 0 Å². The summed E-state index contributed by atoms with van der Waals surface area (Å²) in [6.45, 7) is 0. The van der Waals surface area contributed by atoms with Gasteiger partial charge >= 0.3 is 0 Å². The van der Waals surface area contributed by atoms with Gasteiger partial charge in [0.1, 0.15) is 6.29 Å². The first-order valence-corrected chi connectivity index (χ1v) is 12.5. The molecule has 1 heterocycles. The first-order chi connectivity index (χ1) is 15.9. The number of thioether (sulfide) groups is 1. The molecule has 0 N–H and O–H groups in total. The monoisotopic (exact) mass is 498 g/mol. The molecule has 0 amide bonds. The van der Waals surface area contributed by atoms with Crippen LogP contribution in [0, 0.1) is 5.92 Å². The Hall–Kier alpha value is -2.12. The second kappa shape index (κ2) is 12.4. The second-order valence-corrected chi connectivity index (χ2v) is 10.1. The van der Waals surface area contributed by atoms with E-state index in [1.54, 1.807) is 11.8 Å². The van der Waals surface area contributed by atoms with E-state index in [1.165, 1.54) is 0 Å². The molecule has 3 rings (SSSR count). The molecule has 3 unspecified atom stereocenters. The van der Waals surface area contributed by atoms with Crippen LogP contribution in [0.1, 0.15) is 23.6 Å². The lowest BCUT2D eigenvalue weighted by atomic mass is 9.87. The summed E-state index contributed by atoms with van der Waals surface area (Å²) in [4.78, 5) is 30.5. The van der Waals surface area contributed by atoms with E-state index in [0.29, 0.717) is 17.2 Å². The third kappa shape index (κ3) is 7.18. The molecule has 3 aromatic rings. The minimum absolute atomic E-state index is 0.0331. The molecule has 0 saturated heterocycles. The Morgan fingerprint density at radius 3 is 2.55 bits per heavy atom. The zero-order valence-corrected chi connectivity index (χ0v) is 21.1. The molecular weight excluding hydrogens is 472 g/mol. The molecule has 0 aliphatic carbocycles. The quantitative estimate of drug-likeness (QED) is 0.200. The normalized spacial score (nSPS) is 14.5. The van der Waals surface area contributed by atoms with Crippen LogP contribution in [-0.2, 0) is 9.59 Å². The van der Waals surface area contributed by atoms with Gasteiger partial charge in [0.25, 0.3) is 0 Å². The fourth-order valence-electron chi connectivity index (χ4n) is 3.65. The molecule has 7 heteroatoms. The molecule has 0 aliphatic rings. The summed E-state index contributed by atoms with van der Waals surface area (Å²) < 4.78 is 0. The van der Waals surface area contributed by atoms with Gasteiger partial charge in [-0.15, -0.1) is 24.4 Å². The summed E-state index contributed by atoms with van der Waals surface area (Å²) >= 11 is 12.0. The molecule has 0 spiro atoms. The van der Waals surface area contributed by atoms with Gasteiger partial charge in [0.05, 0.1) is 22.5 Å². The van der Waals surface area contributed by atoms with Gasteiger partial charge in [-0.25, -0.2) is 4.98 Å². The van der Waals surface area contributed by atoms with Gasteiger partial charge in [-0.05, 0) is 43.9 Å². The lowest BCUT2D eigenvalue weighted by Crippen LogP contribution is -2.27. The van der Waals surface area contributed by atoms with E-state index in [-0.39, 0.29) is 16.4 Å². The average Bonchev–Trinajstić information content (AvgIpc) is 2.79. The van der Waals surface area contributed by atoms with E-state index < -0.39 is 5.92 Å². The second-order valence-electron chi connectivity index (χ2n) is 7.98. The molecule has 2 aromatic carbocycles. The maximum Gasteiger partial charge on any atom is 0.193 e. The van der Waals surface area contributed by atoms with E-state index >= 15 is 0 Å². The number of hydrogen-bond acceptors (Lipinski definition) is 5. The molecule has 0 fully saturated rings. The highest BCUT2D eigenvalue weighted by Crippen LogP contribution is 2.33. The third-order valence-corrected chi connectivity index (χ3v) is 7.49. The van der Waals surface area contributed by atoms with Crippen LogP contribution in [0.3, 0.4) is 0 Å². The van der Waals surface area contributed by atoms with Crippen LogP contribution in [-0.4, -0.2) is 46.5 Å². The largest absolute Gasteiger partial charge is 0.303 e. The van der Waals surface area contributed by atoms with Crippen molar-refractivity contribution in [3.8, 4) is 0 Å². The van der Waals surface area contributed by atoms with Crippen molar-refractivity contribution in [1.29, 1.82) is 0 Å². The molecule has 0 saturated carbocycles. The van der Waals surface area contributed by atoms with Crippen LogP contribution in [0.25, 0.3) is 17.0 Å². The lowest BCUT2D eigenvalue weighted by Gasteiger charge is -2.27. The van der Waals surface area contributed by atoms with Gasteiger partial charge in [0.15, 0.2) is 5.12 Å². The van der Waals surface area contributed by atoms with Crippen molar-refractivity contribution in [3.63, 3.8) is 0 Å². The summed E-state index contributed by atoms with van der Waals surface area (Å²) in [7, 11) is 3.91. The minimum Gasteiger partial charge on any atom is -0.303 e. The number of allylic oxidation sites excluding steroid dienone is 1. The Kier molecular flexibility index (Phi) is 9.56. The van der Waals surface area contributed by atoms with Crippen molar-refractivity contribution in [2.45, 2.75) is 17.7 Å². The number of halogens is 1. The fourth-order valence-corrected chi connectivity index (χ4v) is 5.42. The van der Waals surface area contributed by atoms with Gasteiger partial charge in [-0.3, -0.25) is 9.69 Å². The highest BCUT2D eigenvalue weighted by atomic mass is 35.5. The van der Waals surface area contributed by atoms with E-state index in [4.69, 9.17) is 16.6 Å². The van der Waals surface area contributed by atoms with Crippen LogP contribution >= 0.6 is 36.0 Å². The number of carbonyl (C=O) groups excluding carboxylic acids is 2. The minimum atomic E-state index is -0.410. The third-order valence-electron chi connectivity index (χ3n) is 5.40. The standard InChI is InChI=1S/C26H27ClN2O2S2/c1-29(2)24(14-15-30)33-17-20(25(26(31)32)19-6-4-3-5-7-19)10-13-22-12-9-18-8-11-21(27)16-23(18)28-22/h3-13,15-16,20,24-25H,14,17H2,1-2H3,(H,31,32). The molecule has 3 atom stereocenters. The number of thiol groups is 1. The molecule has 0 radical (unpaired) electrons. The van der Waals surface area contributed by atoms with E-state index in [9.17, 15) is 9.59 Å². The molecule has 1 aromatic heterocycles. The number of aldehydes is 1. The van der Waals surface area contributed by atoms with Crippen molar-refractivity contribution in [3.05, 3.63) is 83.0 Å². The number of aromatic nitrogens is 1. The van der Waals surface area contributed by atoms with Crippen LogP contribution in [0.2, 0.25) is 5.02 Å². The first-order valence-electron chi connectivity index (χ1n) is 10.6. The lowest BCUT2D eigenvalue weighted by molar-refractivity contribution is -0.112. The van der Waals surface area contributed by atoms with E-state index in [0.717, 1.165) is 28.4 Å². The van der Waals surface area contributed by atoms with Crippen LogP contribution in [0.4, 0.5) is 0 Å². The summed E-state index contributed by atoms with van der Waals surface area (Å²) in [5, 5.41) is 1.50. The Balaban J connectivity index is 1.93. The maximum absolute atomic E-state index is 12.6. The van der Waals surface area contributed by atoms with E-state index in [1.807, 2.05) is 91.8 Å². The van der Waals surface area contributed by atoms with Crippen molar-refractivity contribution in [2.75, 3.05) is 19.8 Å². The van der Waals surface area contributed by atoms with Crippen molar-refractivity contribution in [2.24, 2.45) is 5.92 Å². The zero-order chi connectivity index (χ0) is 23.8. The van der Waals surface area contributed by atoms with Crippen molar-refractivity contribution < 1.29 is 9.59 Å². The van der Waals surface area contributed by atoms with E-state index in [2.05, 4.69) is 12.6 Å². The van der Waals surface area contributed by atoms with Crippen LogP contribution < -0.4 is 0 Å². The predicted octanol–water partition coefficient (Wildman–Crippen LogP) is 5.97. The Bertz CT molecular complexity index is 1120. The van der Waals surface area contributed by atoms with Gasteiger partial charge in [-0.1, -0.05) is 60.1 Å². The van der Waals surface area contributed by atoms with Crippen molar-refractivity contribution in [1.82, 2.24) is 9.88 Å². The van der Waals surface area contributed by atoms with Gasteiger partial charge in [0, 0.05) is 28.5 Å². The molecule has 33 heavy (non-hydrogen) atoms.